The van der Waals surface area contributed by atoms with Crippen molar-refractivity contribution >= 4 is 17.7 Å². The molecule has 0 saturated heterocycles. The molecule has 2 N–H and O–H groups in total. The van der Waals surface area contributed by atoms with Gasteiger partial charge in [-0.1, -0.05) is 32.9 Å². The van der Waals surface area contributed by atoms with E-state index in [1.165, 1.54) is 6.33 Å². The van der Waals surface area contributed by atoms with Crippen LogP contribution in [-0.4, -0.2) is 57.9 Å². The Labute approximate surface area is 200 Å². The van der Waals surface area contributed by atoms with Gasteiger partial charge in [0, 0.05) is 19.6 Å². The Morgan fingerprint density at radius 2 is 1.91 bits per heavy atom. The van der Waals surface area contributed by atoms with Crippen LogP contribution in [0.4, 0.5) is 0 Å². The normalized spacial score (nSPS) is 17.5. The lowest BCUT2D eigenvalue weighted by Crippen LogP contribution is -2.64. The number of rotatable bonds is 10. The molecule has 1 unspecified atom stereocenters. The van der Waals surface area contributed by atoms with Crippen molar-refractivity contribution in [3.63, 3.8) is 0 Å². The zero-order valence-electron chi connectivity index (χ0n) is 20.7. The van der Waals surface area contributed by atoms with Gasteiger partial charge in [0.1, 0.15) is 17.0 Å². The second-order valence-electron chi connectivity index (χ2n) is 9.27. The van der Waals surface area contributed by atoms with Gasteiger partial charge in [0.2, 0.25) is 5.91 Å². The lowest BCUT2D eigenvalue weighted by atomic mass is 9.93. The van der Waals surface area contributed by atoms with Crippen LogP contribution < -0.4 is 15.4 Å². The smallest absolute Gasteiger partial charge is 0.273 e. The number of methoxy groups -OCH3 is 1. The Balaban J connectivity index is 1.79. The maximum atomic E-state index is 13.5. The number of carbonyl (C=O) groups excluding carboxylic acids is 3. The molecular formula is C25H35N5O4. The topological polar surface area (TPSA) is 106 Å². The summed E-state index contributed by atoms with van der Waals surface area (Å²) in [6.07, 6.45) is 3.02. The average Bonchev–Trinajstić information content (AvgIpc) is 3.24. The first-order valence-corrected chi connectivity index (χ1v) is 11.8. The molecule has 9 heteroatoms. The maximum absolute atomic E-state index is 13.5. The first-order valence-electron chi connectivity index (χ1n) is 11.8. The van der Waals surface area contributed by atoms with Crippen molar-refractivity contribution in [1.29, 1.82) is 0 Å². The molecule has 3 rings (SSSR count). The fourth-order valence-electron chi connectivity index (χ4n) is 4.10. The third-order valence-corrected chi connectivity index (χ3v) is 6.13. The summed E-state index contributed by atoms with van der Waals surface area (Å²) in [6, 6.07) is 7.36. The third-order valence-electron chi connectivity index (χ3n) is 6.13. The number of imidazole rings is 1. The molecule has 3 amide bonds. The zero-order valence-corrected chi connectivity index (χ0v) is 20.7. The van der Waals surface area contributed by atoms with E-state index in [9.17, 15) is 14.4 Å². The van der Waals surface area contributed by atoms with Gasteiger partial charge in [-0.2, -0.15) is 0 Å². The molecule has 0 aliphatic carbocycles. The van der Waals surface area contributed by atoms with Gasteiger partial charge in [-0.25, -0.2) is 4.98 Å². The zero-order chi connectivity index (χ0) is 24.9. The standard InChI is InChI=1S/C25H35N5O4/c1-6-13-30-23(32)21-20(22(31)27-14-18-7-9-19(34-5)10-8-18)28-16-29(21)15-25(30,4)24(33)26-12-11-17(2)3/h7-10,16-17H,6,11-15H2,1-5H3,(H,26,33)(H,27,31). The number of ether oxygens (including phenoxy) is 1. The molecule has 0 saturated carbocycles. The molecule has 0 fully saturated rings. The monoisotopic (exact) mass is 469 g/mol. The number of fused-ring (bicyclic) bond motifs is 1. The van der Waals surface area contributed by atoms with Gasteiger partial charge in [-0.15, -0.1) is 0 Å². The van der Waals surface area contributed by atoms with Gasteiger partial charge >= 0.3 is 0 Å². The number of nitrogens with one attached hydrogen (secondary N) is 2. The second kappa shape index (κ2) is 10.7. The van der Waals surface area contributed by atoms with Crippen LogP contribution in [0, 0.1) is 5.92 Å². The average molecular weight is 470 g/mol. The molecular weight excluding hydrogens is 434 g/mol. The highest BCUT2D eigenvalue weighted by molar-refractivity contribution is 6.07. The summed E-state index contributed by atoms with van der Waals surface area (Å²) < 4.78 is 6.78. The minimum Gasteiger partial charge on any atom is -0.497 e. The molecule has 1 aromatic heterocycles. The highest BCUT2D eigenvalue weighted by Gasteiger charge is 2.48. The molecule has 0 radical (unpaired) electrons. The van der Waals surface area contributed by atoms with Crippen molar-refractivity contribution in [1.82, 2.24) is 25.1 Å². The number of nitrogens with zero attached hydrogens (tertiary/aromatic N) is 3. The van der Waals surface area contributed by atoms with E-state index in [-0.39, 0.29) is 36.3 Å². The van der Waals surface area contributed by atoms with Gasteiger partial charge in [0.05, 0.1) is 20.0 Å². The fraction of sp³-hybridized carbons (Fsp3) is 0.520. The summed E-state index contributed by atoms with van der Waals surface area (Å²) in [7, 11) is 1.60. The van der Waals surface area contributed by atoms with Gasteiger partial charge in [0.15, 0.2) is 5.69 Å². The van der Waals surface area contributed by atoms with E-state index >= 15 is 0 Å². The summed E-state index contributed by atoms with van der Waals surface area (Å²) in [4.78, 5) is 45.4. The van der Waals surface area contributed by atoms with E-state index in [0.717, 1.165) is 17.7 Å². The summed E-state index contributed by atoms with van der Waals surface area (Å²) in [5, 5.41) is 5.82. The Hall–Kier alpha value is -3.36. The molecule has 2 heterocycles. The first-order chi connectivity index (χ1) is 16.2. The lowest BCUT2D eigenvalue weighted by Gasteiger charge is -2.43. The largest absolute Gasteiger partial charge is 0.497 e. The number of amides is 3. The van der Waals surface area contributed by atoms with Gasteiger partial charge in [-0.05, 0) is 43.4 Å². The van der Waals surface area contributed by atoms with E-state index in [1.807, 2.05) is 31.2 Å². The predicted octanol–water partition coefficient (Wildman–Crippen LogP) is 2.61. The Kier molecular flexibility index (Phi) is 7.96. The molecule has 184 valence electrons. The highest BCUT2D eigenvalue weighted by atomic mass is 16.5. The summed E-state index contributed by atoms with van der Waals surface area (Å²) in [5.41, 5.74) is 0.121. The van der Waals surface area contributed by atoms with Crippen molar-refractivity contribution < 1.29 is 19.1 Å². The van der Waals surface area contributed by atoms with Crippen molar-refractivity contribution in [2.75, 3.05) is 20.2 Å². The number of benzene rings is 1. The Morgan fingerprint density at radius 3 is 2.53 bits per heavy atom. The Bertz CT molecular complexity index is 1030. The van der Waals surface area contributed by atoms with E-state index in [1.54, 1.807) is 23.5 Å². The fourth-order valence-corrected chi connectivity index (χ4v) is 4.10. The summed E-state index contributed by atoms with van der Waals surface area (Å²) >= 11 is 0. The van der Waals surface area contributed by atoms with Gasteiger partial charge < -0.3 is 24.8 Å². The van der Waals surface area contributed by atoms with Crippen molar-refractivity contribution in [2.45, 2.75) is 59.2 Å². The number of carbonyl (C=O) groups is 3. The van der Waals surface area contributed by atoms with Crippen LogP contribution in [0.25, 0.3) is 0 Å². The predicted molar refractivity (Wildman–Crippen MR) is 129 cm³/mol. The minimum atomic E-state index is -1.06. The molecule has 1 aliphatic heterocycles. The van der Waals surface area contributed by atoms with Crippen LogP contribution in [0.5, 0.6) is 5.75 Å². The van der Waals surface area contributed by atoms with Crippen LogP contribution in [0.15, 0.2) is 30.6 Å². The molecule has 0 spiro atoms. The SMILES string of the molecule is CCCN1C(=O)c2c(C(=O)NCc3ccc(OC)cc3)ncn2CC1(C)C(=O)NCCC(C)C. The van der Waals surface area contributed by atoms with Crippen molar-refractivity contribution in [2.24, 2.45) is 5.92 Å². The highest BCUT2D eigenvalue weighted by Crippen LogP contribution is 2.29. The van der Waals surface area contributed by atoms with E-state index in [2.05, 4.69) is 29.5 Å². The first kappa shape index (κ1) is 25.3. The number of hydrogen-bond donors (Lipinski definition) is 2. The van der Waals surface area contributed by atoms with Crippen LogP contribution in [-0.2, 0) is 17.9 Å². The summed E-state index contributed by atoms with van der Waals surface area (Å²) in [6.45, 7) is 9.41. The minimum absolute atomic E-state index is 0.0712. The third kappa shape index (κ3) is 5.24. The molecule has 1 aliphatic rings. The van der Waals surface area contributed by atoms with E-state index in [0.29, 0.717) is 25.4 Å². The molecule has 9 nitrogen and oxygen atoms in total. The number of aromatic nitrogens is 2. The van der Waals surface area contributed by atoms with Crippen LogP contribution >= 0.6 is 0 Å². The van der Waals surface area contributed by atoms with E-state index < -0.39 is 11.4 Å². The second-order valence-corrected chi connectivity index (χ2v) is 9.27. The molecule has 34 heavy (non-hydrogen) atoms. The summed E-state index contributed by atoms with van der Waals surface area (Å²) in [5.74, 6) is 0.212. The van der Waals surface area contributed by atoms with Crippen LogP contribution in [0.2, 0.25) is 0 Å². The molecule has 0 bridgehead atoms. The van der Waals surface area contributed by atoms with Crippen LogP contribution in [0.3, 0.4) is 0 Å². The van der Waals surface area contributed by atoms with Crippen molar-refractivity contribution in [3.05, 3.63) is 47.5 Å². The van der Waals surface area contributed by atoms with Crippen LogP contribution in [0.1, 0.15) is 67.1 Å². The molecule has 2 aromatic rings. The quantitative estimate of drug-likeness (QED) is 0.557. The molecule has 1 aromatic carbocycles. The van der Waals surface area contributed by atoms with E-state index in [4.69, 9.17) is 4.74 Å². The van der Waals surface area contributed by atoms with Crippen molar-refractivity contribution in [3.8, 4) is 5.75 Å². The lowest BCUT2D eigenvalue weighted by molar-refractivity contribution is -0.132. The number of hydrogen-bond acceptors (Lipinski definition) is 5. The van der Waals surface area contributed by atoms with Gasteiger partial charge in [-0.3, -0.25) is 14.4 Å². The maximum Gasteiger partial charge on any atom is 0.273 e. The Morgan fingerprint density at radius 1 is 1.21 bits per heavy atom. The van der Waals surface area contributed by atoms with Gasteiger partial charge in [0.25, 0.3) is 11.8 Å². The molecule has 1 atom stereocenters.